The fraction of sp³-hybridized carbons (Fsp3) is 0.484. The first-order chi connectivity index (χ1) is 19.1. The monoisotopic (exact) mass is 558 g/mol. The fourth-order valence-corrected chi connectivity index (χ4v) is 4.52. The summed E-state index contributed by atoms with van der Waals surface area (Å²) in [5.41, 5.74) is -0.890. The van der Waals surface area contributed by atoms with Crippen molar-refractivity contribution in [3.63, 3.8) is 0 Å². The summed E-state index contributed by atoms with van der Waals surface area (Å²) in [6.07, 6.45) is 14.0. The molecule has 0 aliphatic carbocycles. The second-order valence-corrected chi connectivity index (χ2v) is 10.1. The van der Waals surface area contributed by atoms with Crippen molar-refractivity contribution in [1.29, 1.82) is 0 Å². The van der Waals surface area contributed by atoms with E-state index in [0.717, 1.165) is 49.9 Å². The molecule has 0 aliphatic heterocycles. The standard InChI is InChI=1S/C16H32O2.C15H10O7/c1-3-5-7-9-10-12-14-15(16(17)18)13-11-8-6-4-2;16-7-4-10(19)12-11(5-7)22-15(14(21)13(12)20)6-1-2-8(17)9(18)3-6/h15H,3-14H2,1-2H3,(H,17,18);1-5,16-19,21H. The van der Waals surface area contributed by atoms with E-state index in [9.17, 15) is 40.2 Å². The van der Waals surface area contributed by atoms with Gasteiger partial charge in [0.05, 0.1) is 5.92 Å². The van der Waals surface area contributed by atoms with E-state index in [1.807, 2.05) is 0 Å². The first kappa shape index (κ1) is 32.3. The smallest absolute Gasteiger partial charge is 0.306 e. The van der Waals surface area contributed by atoms with Gasteiger partial charge < -0.3 is 35.1 Å². The lowest BCUT2D eigenvalue weighted by atomic mass is 9.94. The van der Waals surface area contributed by atoms with Crippen LogP contribution in [0.3, 0.4) is 0 Å². The van der Waals surface area contributed by atoms with Crippen molar-refractivity contribution < 1.29 is 39.9 Å². The fourth-order valence-electron chi connectivity index (χ4n) is 4.52. The lowest BCUT2D eigenvalue weighted by Crippen LogP contribution is -2.13. The van der Waals surface area contributed by atoms with Gasteiger partial charge in [-0.25, -0.2) is 0 Å². The zero-order valence-electron chi connectivity index (χ0n) is 23.4. The molecule has 40 heavy (non-hydrogen) atoms. The number of carboxylic acids is 1. The first-order valence-electron chi connectivity index (χ1n) is 14.1. The highest BCUT2D eigenvalue weighted by atomic mass is 16.4. The van der Waals surface area contributed by atoms with Gasteiger partial charge in [-0.2, -0.15) is 0 Å². The average Bonchev–Trinajstić information content (AvgIpc) is 2.90. The third kappa shape index (κ3) is 9.39. The Morgan fingerprint density at radius 3 is 1.90 bits per heavy atom. The molecule has 3 rings (SSSR count). The van der Waals surface area contributed by atoms with Gasteiger partial charge in [0.25, 0.3) is 0 Å². The van der Waals surface area contributed by atoms with E-state index < -0.39 is 28.6 Å². The minimum atomic E-state index is -0.888. The highest BCUT2D eigenvalue weighted by Crippen LogP contribution is 2.37. The van der Waals surface area contributed by atoms with Gasteiger partial charge in [-0.05, 0) is 31.0 Å². The first-order valence-corrected chi connectivity index (χ1v) is 14.1. The molecular formula is C31H42O9. The van der Waals surface area contributed by atoms with Crippen LogP contribution < -0.4 is 5.43 Å². The Labute approximate surface area is 234 Å². The van der Waals surface area contributed by atoms with E-state index >= 15 is 0 Å². The predicted octanol–water partition coefficient (Wildman–Crippen LogP) is 7.40. The number of unbranched alkanes of at least 4 members (excludes halogenated alkanes) is 8. The van der Waals surface area contributed by atoms with Crippen LogP contribution >= 0.6 is 0 Å². The van der Waals surface area contributed by atoms with Crippen LogP contribution in [0.2, 0.25) is 0 Å². The van der Waals surface area contributed by atoms with Gasteiger partial charge in [0.1, 0.15) is 22.5 Å². The number of phenols is 4. The van der Waals surface area contributed by atoms with E-state index in [0.29, 0.717) is 0 Å². The van der Waals surface area contributed by atoms with Gasteiger partial charge in [0.2, 0.25) is 11.2 Å². The van der Waals surface area contributed by atoms with Crippen LogP contribution in [0.25, 0.3) is 22.3 Å². The Bertz CT molecular complexity index is 1300. The van der Waals surface area contributed by atoms with Crippen LogP contribution in [-0.4, -0.2) is 36.6 Å². The second kappa shape index (κ2) is 16.3. The molecule has 220 valence electrons. The van der Waals surface area contributed by atoms with Gasteiger partial charge in [0.15, 0.2) is 17.3 Å². The van der Waals surface area contributed by atoms with Gasteiger partial charge in [-0.3, -0.25) is 9.59 Å². The van der Waals surface area contributed by atoms with E-state index in [1.165, 1.54) is 57.4 Å². The Kier molecular flexibility index (Phi) is 13.2. The van der Waals surface area contributed by atoms with Crippen LogP contribution in [0.1, 0.15) is 90.9 Å². The lowest BCUT2D eigenvalue weighted by molar-refractivity contribution is -0.142. The molecule has 0 aliphatic rings. The molecule has 0 fully saturated rings. The molecule has 1 atom stereocenters. The molecule has 0 spiro atoms. The molecule has 0 saturated heterocycles. The van der Waals surface area contributed by atoms with Crippen molar-refractivity contribution in [2.24, 2.45) is 5.92 Å². The van der Waals surface area contributed by atoms with E-state index in [1.54, 1.807) is 0 Å². The maximum Gasteiger partial charge on any atom is 0.306 e. The van der Waals surface area contributed by atoms with Crippen molar-refractivity contribution in [2.45, 2.75) is 90.9 Å². The number of aliphatic carboxylic acids is 1. The van der Waals surface area contributed by atoms with Crippen LogP contribution in [-0.2, 0) is 4.79 Å². The maximum absolute atomic E-state index is 12.1. The molecule has 0 radical (unpaired) electrons. The zero-order chi connectivity index (χ0) is 29.7. The second-order valence-electron chi connectivity index (χ2n) is 10.1. The summed E-state index contributed by atoms with van der Waals surface area (Å²) < 4.78 is 5.35. The van der Waals surface area contributed by atoms with E-state index in [-0.39, 0.29) is 39.7 Å². The number of hydrogen-bond donors (Lipinski definition) is 6. The topological polar surface area (TPSA) is 169 Å². The summed E-state index contributed by atoms with van der Waals surface area (Å²) in [6, 6.07) is 5.64. The molecular weight excluding hydrogens is 516 g/mol. The number of aromatic hydroxyl groups is 5. The van der Waals surface area contributed by atoms with E-state index in [2.05, 4.69) is 13.8 Å². The van der Waals surface area contributed by atoms with E-state index in [4.69, 9.17) is 4.42 Å². The Morgan fingerprint density at radius 1 is 0.750 bits per heavy atom. The normalized spacial score (nSPS) is 11.7. The van der Waals surface area contributed by atoms with Crippen molar-refractivity contribution in [3.05, 3.63) is 40.6 Å². The van der Waals surface area contributed by atoms with Gasteiger partial charge in [-0.1, -0.05) is 78.1 Å². The summed E-state index contributed by atoms with van der Waals surface area (Å²) in [6.45, 7) is 4.40. The van der Waals surface area contributed by atoms with Crippen LogP contribution in [0.5, 0.6) is 28.7 Å². The summed E-state index contributed by atoms with van der Waals surface area (Å²) in [5.74, 6) is -3.39. The molecule has 2 aromatic carbocycles. The molecule has 3 aromatic rings. The van der Waals surface area contributed by atoms with Gasteiger partial charge in [-0.15, -0.1) is 0 Å². The molecule has 9 nitrogen and oxygen atoms in total. The summed E-state index contributed by atoms with van der Waals surface area (Å²) in [5, 5.41) is 56.8. The summed E-state index contributed by atoms with van der Waals surface area (Å²) >= 11 is 0. The SMILES string of the molecule is CCCCCCCCC(CCCCCC)C(=O)O.O=c1c(O)c(-c2ccc(O)c(O)c2)oc2cc(O)cc(O)c12. The highest BCUT2D eigenvalue weighted by molar-refractivity contribution is 5.88. The molecule has 1 unspecified atom stereocenters. The lowest BCUT2D eigenvalue weighted by Gasteiger charge is -2.11. The number of benzene rings is 2. The highest BCUT2D eigenvalue weighted by Gasteiger charge is 2.19. The molecule has 6 N–H and O–H groups in total. The number of phenolic OH excluding ortho intramolecular Hbond substituents is 4. The minimum Gasteiger partial charge on any atom is -0.508 e. The number of rotatable bonds is 14. The number of hydrogen-bond acceptors (Lipinski definition) is 8. The molecule has 1 aromatic heterocycles. The van der Waals surface area contributed by atoms with Crippen LogP contribution in [0, 0.1) is 5.92 Å². The van der Waals surface area contributed by atoms with Crippen molar-refractivity contribution in [1.82, 2.24) is 0 Å². The quantitative estimate of drug-likeness (QED) is 0.0872. The van der Waals surface area contributed by atoms with Gasteiger partial charge >= 0.3 is 5.97 Å². The zero-order valence-corrected chi connectivity index (χ0v) is 23.4. The number of carbonyl (C=O) groups is 1. The Morgan fingerprint density at radius 2 is 1.32 bits per heavy atom. The molecule has 9 heteroatoms. The van der Waals surface area contributed by atoms with Crippen LogP contribution in [0.4, 0.5) is 0 Å². The minimum absolute atomic E-state index is 0.0898. The molecule has 0 saturated carbocycles. The third-order valence-electron chi connectivity index (χ3n) is 6.83. The summed E-state index contributed by atoms with van der Waals surface area (Å²) in [7, 11) is 0. The Balaban J connectivity index is 0.000000288. The predicted molar refractivity (Wildman–Crippen MR) is 154 cm³/mol. The third-order valence-corrected chi connectivity index (χ3v) is 6.83. The molecule has 0 bridgehead atoms. The Hall–Kier alpha value is -3.88. The van der Waals surface area contributed by atoms with Crippen molar-refractivity contribution in [2.75, 3.05) is 0 Å². The average molecular weight is 559 g/mol. The number of fused-ring (bicyclic) bond motifs is 1. The molecule has 0 amide bonds. The van der Waals surface area contributed by atoms with Crippen molar-refractivity contribution in [3.8, 4) is 40.1 Å². The maximum atomic E-state index is 12.1. The largest absolute Gasteiger partial charge is 0.508 e. The molecule has 1 heterocycles. The van der Waals surface area contributed by atoms with Crippen LogP contribution in [0.15, 0.2) is 39.5 Å². The van der Waals surface area contributed by atoms with Crippen molar-refractivity contribution >= 4 is 16.9 Å². The number of carboxylic acid groups (broad SMARTS) is 1. The van der Waals surface area contributed by atoms with Gasteiger partial charge in [0, 0.05) is 17.7 Å². The summed E-state index contributed by atoms with van der Waals surface area (Å²) in [4.78, 5) is 23.3.